The van der Waals surface area contributed by atoms with E-state index in [-0.39, 0.29) is 18.7 Å². The van der Waals surface area contributed by atoms with E-state index in [2.05, 4.69) is 0 Å². The smallest absolute Gasteiger partial charge is 0.302 e. The minimum absolute atomic E-state index is 0.0887. The van der Waals surface area contributed by atoms with Crippen molar-refractivity contribution >= 4 is 5.97 Å². The highest BCUT2D eigenvalue weighted by Crippen LogP contribution is 2.27. The van der Waals surface area contributed by atoms with E-state index in [9.17, 15) is 4.79 Å². The first-order valence-electron chi connectivity index (χ1n) is 11.9. The molecule has 3 aromatic rings. The number of carbonyl (C=O) groups excluding carboxylic acids is 1. The third-order valence-corrected chi connectivity index (χ3v) is 5.86. The van der Waals surface area contributed by atoms with Crippen LogP contribution in [-0.2, 0) is 48.3 Å². The van der Waals surface area contributed by atoms with Gasteiger partial charge in [-0.05, 0) is 16.7 Å². The summed E-state index contributed by atoms with van der Waals surface area (Å²) in [7, 11) is 0. The summed E-state index contributed by atoms with van der Waals surface area (Å²) in [6.07, 6.45) is -1.74. The number of esters is 1. The van der Waals surface area contributed by atoms with E-state index < -0.39 is 18.3 Å². The summed E-state index contributed by atoms with van der Waals surface area (Å²) in [5.74, 6) is -0.361. The van der Waals surface area contributed by atoms with Crippen LogP contribution >= 0.6 is 0 Å². The van der Waals surface area contributed by atoms with Gasteiger partial charge in [-0.2, -0.15) is 0 Å². The molecule has 4 atom stereocenters. The molecule has 0 bridgehead atoms. The fourth-order valence-electron chi connectivity index (χ4n) is 4.03. The second-order valence-corrected chi connectivity index (χ2v) is 8.53. The predicted molar refractivity (Wildman–Crippen MR) is 131 cm³/mol. The molecule has 0 radical (unpaired) electrons. The van der Waals surface area contributed by atoms with Gasteiger partial charge in [0, 0.05) is 6.92 Å². The Hall–Kier alpha value is -3.03. The van der Waals surface area contributed by atoms with Gasteiger partial charge in [-0.1, -0.05) is 91.0 Å². The molecule has 184 valence electrons. The average molecular weight is 477 g/mol. The molecule has 0 aromatic heterocycles. The molecule has 0 amide bonds. The lowest BCUT2D eigenvalue weighted by Crippen LogP contribution is -2.57. The molecule has 6 nitrogen and oxygen atoms in total. The van der Waals surface area contributed by atoms with Crippen LogP contribution < -0.4 is 0 Å². The highest BCUT2D eigenvalue weighted by Gasteiger charge is 2.43. The van der Waals surface area contributed by atoms with Crippen LogP contribution in [0.25, 0.3) is 0 Å². The molecule has 0 spiro atoms. The fourth-order valence-corrected chi connectivity index (χ4v) is 4.03. The predicted octanol–water partition coefficient (Wildman–Crippen LogP) is 4.70. The molecule has 35 heavy (non-hydrogen) atoms. The Kier molecular flexibility index (Phi) is 9.43. The van der Waals surface area contributed by atoms with Crippen molar-refractivity contribution in [1.29, 1.82) is 0 Å². The summed E-state index contributed by atoms with van der Waals surface area (Å²) in [6.45, 7) is 3.00. The van der Waals surface area contributed by atoms with Gasteiger partial charge in [-0.3, -0.25) is 4.79 Å². The van der Waals surface area contributed by atoms with Crippen LogP contribution in [-0.4, -0.2) is 43.6 Å². The van der Waals surface area contributed by atoms with Gasteiger partial charge in [-0.15, -0.1) is 0 Å². The summed E-state index contributed by atoms with van der Waals surface area (Å²) in [5, 5.41) is 0. The minimum Gasteiger partial charge on any atom is -0.463 e. The molecule has 6 heteroatoms. The Morgan fingerprint density at radius 1 is 0.714 bits per heavy atom. The molecule has 3 aromatic carbocycles. The van der Waals surface area contributed by atoms with E-state index in [0.29, 0.717) is 26.4 Å². The van der Waals surface area contributed by atoms with Crippen LogP contribution in [0.15, 0.2) is 91.0 Å². The first-order valence-corrected chi connectivity index (χ1v) is 11.9. The molecule has 1 saturated heterocycles. The number of benzene rings is 3. The van der Waals surface area contributed by atoms with Crippen LogP contribution in [0.2, 0.25) is 0 Å². The van der Waals surface area contributed by atoms with Gasteiger partial charge in [0.05, 0.1) is 26.4 Å². The number of ether oxygens (including phenoxy) is 5. The van der Waals surface area contributed by atoms with Gasteiger partial charge in [-0.25, -0.2) is 0 Å². The molecular formula is C29H32O6. The highest BCUT2D eigenvalue weighted by atomic mass is 16.6. The number of hydrogen-bond acceptors (Lipinski definition) is 6. The van der Waals surface area contributed by atoms with Crippen molar-refractivity contribution in [1.82, 2.24) is 0 Å². The van der Waals surface area contributed by atoms with Crippen LogP contribution in [0.1, 0.15) is 23.6 Å². The lowest BCUT2D eigenvalue weighted by Gasteiger charge is -2.42. The maximum absolute atomic E-state index is 11.5. The van der Waals surface area contributed by atoms with Crippen molar-refractivity contribution < 1.29 is 28.5 Å². The van der Waals surface area contributed by atoms with Gasteiger partial charge in [0.15, 0.2) is 0 Å². The largest absolute Gasteiger partial charge is 0.463 e. The van der Waals surface area contributed by atoms with E-state index in [4.69, 9.17) is 23.7 Å². The maximum atomic E-state index is 11.5. The second-order valence-electron chi connectivity index (χ2n) is 8.53. The summed E-state index contributed by atoms with van der Waals surface area (Å²) >= 11 is 0. The molecule has 4 rings (SSSR count). The lowest BCUT2D eigenvalue weighted by atomic mass is 9.99. The van der Waals surface area contributed by atoms with Crippen LogP contribution in [0.5, 0.6) is 0 Å². The van der Waals surface area contributed by atoms with Crippen molar-refractivity contribution in [3.63, 3.8) is 0 Å². The first kappa shape index (κ1) is 25.1. The normalized spacial score (nSPS) is 22.0. The second kappa shape index (κ2) is 13.2. The zero-order valence-electron chi connectivity index (χ0n) is 20.0. The highest BCUT2D eigenvalue weighted by molar-refractivity contribution is 5.65. The Bertz CT molecular complexity index is 1010. The third kappa shape index (κ3) is 7.73. The van der Waals surface area contributed by atoms with Gasteiger partial charge in [0.25, 0.3) is 0 Å². The molecule has 1 heterocycles. The Balaban J connectivity index is 1.52. The van der Waals surface area contributed by atoms with E-state index >= 15 is 0 Å². The number of carbonyl (C=O) groups is 1. The van der Waals surface area contributed by atoms with Gasteiger partial charge >= 0.3 is 5.97 Å². The van der Waals surface area contributed by atoms with Crippen molar-refractivity contribution in [2.45, 2.75) is 51.2 Å². The Morgan fingerprint density at radius 3 is 1.66 bits per heavy atom. The van der Waals surface area contributed by atoms with Crippen molar-refractivity contribution in [3.05, 3.63) is 108 Å². The van der Waals surface area contributed by atoms with E-state index in [1.165, 1.54) is 6.92 Å². The van der Waals surface area contributed by atoms with Gasteiger partial charge < -0.3 is 23.7 Å². The molecule has 4 unspecified atom stereocenters. The van der Waals surface area contributed by atoms with E-state index in [0.717, 1.165) is 16.7 Å². The van der Waals surface area contributed by atoms with E-state index in [1.54, 1.807) is 0 Å². The average Bonchev–Trinajstić information content (AvgIpc) is 2.90. The van der Waals surface area contributed by atoms with Crippen molar-refractivity contribution in [2.75, 3.05) is 13.2 Å². The van der Waals surface area contributed by atoms with E-state index in [1.807, 2.05) is 91.0 Å². The molecular weight excluding hydrogens is 444 g/mol. The third-order valence-electron chi connectivity index (χ3n) is 5.86. The molecule has 0 saturated carbocycles. The maximum Gasteiger partial charge on any atom is 0.302 e. The zero-order valence-corrected chi connectivity index (χ0v) is 20.0. The lowest BCUT2D eigenvalue weighted by molar-refractivity contribution is -0.245. The van der Waals surface area contributed by atoms with Crippen LogP contribution in [0.4, 0.5) is 0 Å². The summed E-state index contributed by atoms with van der Waals surface area (Å²) in [5.41, 5.74) is 3.16. The molecule has 1 fully saturated rings. The van der Waals surface area contributed by atoms with Crippen LogP contribution in [0, 0.1) is 0 Å². The Labute approximate surface area is 206 Å². The minimum atomic E-state index is -0.493. The van der Waals surface area contributed by atoms with Crippen molar-refractivity contribution in [3.8, 4) is 0 Å². The van der Waals surface area contributed by atoms with Gasteiger partial charge in [0.1, 0.15) is 31.0 Å². The topological polar surface area (TPSA) is 63.2 Å². The summed E-state index contributed by atoms with van der Waals surface area (Å²) in [4.78, 5) is 11.5. The number of rotatable bonds is 11. The van der Waals surface area contributed by atoms with Crippen LogP contribution in [0.3, 0.4) is 0 Å². The quantitative estimate of drug-likeness (QED) is 0.374. The standard InChI is InChI=1S/C29H32O6/c1-22(30)31-20-26-28(34-18-24-13-7-3-8-14-24)29(35-19-25-15-9-4-10-16-25)27(21-33-26)32-17-23-11-5-2-6-12-23/h2-16,26-29H,17-21H2,1H3. The monoisotopic (exact) mass is 476 g/mol. The molecule has 1 aliphatic rings. The number of hydrogen-bond donors (Lipinski definition) is 0. The molecule has 0 aliphatic carbocycles. The SMILES string of the molecule is CC(=O)OCC1OCC(OCc2ccccc2)C(OCc2ccccc2)C1OCc1ccccc1. The Morgan fingerprint density at radius 2 is 1.17 bits per heavy atom. The summed E-state index contributed by atoms with van der Waals surface area (Å²) < 4.78 is 30.5. The zero-order chi connectivity index (χ0) is 24.3. The van der Waals surface area contributed by atoms with Gasteiger partial charge in [0.2, 0.25) is 0 Å². The fraction of sp³-hybridized carbons (Fsp3) is 0.345. The summed E-state index contributed by atoms with van der Waals surface area (Å²) in [6, 6.07) is 29.9. The first-order chi connectivity index (χ1) is 17.2. The molecule has 0 N–H and O–H groups in total. The van der Waals surface area contributed by atoms with Crippen molar-refractivity contribution in [2.24, 2.45) is 0 Å². The molecule has 1 aliphatic heterocycles.